The fourth-order valence-electron chi connectivity index (χ4n) is 3.24. The van der Waals surface area contributed by atoms with Gasteiger partial charge in [-0.3, -0.25) is 14.8 Å². The lowest BCUT2D eigenvalue weighted by Gasteiger charge is -2.34. The first-order valence-electron chi connectivity index (χ1n) is 7.56. The summed E-state index contributed by atoms with van der Waals surface area (Å²) in [7, 11) is 0. The first kappa shape index (κ1) is 13.8. The van der Waals surface area contributed by atoms with Gasteiger partial charge in [0.05, 0.1) is 5.69 Å². The van der Waals surface area contributed by atoms with E-state index in [1.54, 1.807) is 0 Å². The lowest BCUT2D eigenvalue weighted by Crippen LogP contribution is -2.36. The van der Waals surface area contributed by atoms with Gasteiger partial charge in [0.15, 0.2) is 5.65 Å². The molecule has 0 amide bonds. The maximum absolute atomic E-state index is 12.2. The van der Waals surface area contributed by atoms with Gasteiger partial charge in [-0.25, -0.2) is 9.50 Å². The molecule has 1 aliphatic rings. The van der Waals surface area contributed by atoms with Gasteiger partial charge in [-0.2, -0.15) is 5.26 Å². The van der Waals surface area contributed by atoms with Crippen LogP contribution in [0.25, 0.3) is 5.65 Å². The Balaban J connectivity index is 1.68. The van der Waals surface area contributed by atoms with Crippen LogP contribution in [0.2, 0.25) is 0 Å². The third-order valence-electron chi connectivity index (χ3n) is 4.50. The van der Waals surface area contributed by atoms with Gasteiger partial charge in [0, 0.05) is 49.8 Å². The van der Waals surface area contributed by atoms with Gasteiger partial charge in [0.1, 0.15) is 11.6 Å². The van der Waals surface area contributed by atoms with Crippen LogP contribution < -0.4 is 5.56 Å². The van der Waals surface area contributed by atoms with Gasteiger partial charge in [0.25, 0.3) is 5.56 Å². The number of aromatic amines is 1. The normalized spacial score (nSPS) is 18.0. The fraction of sp³-hybridized carbons (Fsp3) is 0.312. The minimum Gasteiger partial charge on any atom is -0.349 e. The van der Waals surface area contributed by atoms with E-state index in [1.165, 1.54) is 22.5 Å². The van der Waals surface area contributed by atoms with Crippen LogP contribution in [-0.4, -0.2) is 30.6 Å². The third kappa shape index (κ3) is 2.15. The van der Waals surface area contributed by atoms with Crippen molar-refractivity contribution in [2.45, 2.75) is 26.1 Å². The summed E-state index contributed by atoms with van der Waals surface area (Å²) in [5.41, 5.74) is 2.54. The summed E-state index contributed by atoms with van der Waals surface area (Å²) in [6.07, 6.45) is 3.60. The maximum atomic E-state index is 12.2. The fourth-order valence-corrected chi connectivity index (χ4v) is 3.24. The number of aromatic nitrogens is 4. The molecule has 0 bridgehead atoms. The van der Waals surface area contributed by atoms with E-state index in [1.807, 2.05) is 0 Å². The molecule has 0 aromatic carbocycles. The molecule has 3 aromatic heterocycles. The summed E-state index contributed by atoms with van der Waals surface area (Å²) in [6, 6.07) is 8.04. The Kier molecular flexibility index (Phi) is 3.06. The lowest BCUT2D eigenvalue weighted by molar-refractivity contribution is 0.159. The lowest BCUT2D eigenvalue weighted by atomic mass is 10.1. The maximum Gasteiger partial charge on any atom is 0.272 e. The Morgan fingerprint density at radius 3 is 3.17 bits per heavy atom. The minimum absolute atomic E-state index is 0.195. The molecule has 1 atom stereocenters. The van der Waals surface area contributed by atoms with Crippen LogP contribution in [-0.2, 0) is 13.1 Å². The Morgan fingerprint density at radius 1 is 1.48 bits per heavy atom. The second-order valence-electron chi connectivity index (χ2n) is 5.82. The van der Waals surface area contributed by atoms with Gasteiger partial charge in [-0.1, -0.05) is 0 Å². The van der Waals surface area contributed by atoms with Crippen molar-refractivity contribution in [3.63, 3.8) is 0 Å². The topological polar surface area (TPSA) is 82.1 Å². The van der Waals surface area contributed by atoms with Gasteiger partial charge < -0.3 is 4.57 Å². The molecule has 0 aliphatic carbocycles. The zero-order valence-electron chi connectivity index (χ0n) is 12.7. The molecule has 23 heavy (non-hydrogen) atoms. The van der Waals surface area contributed by atoms with E-state index in [-0.39, 0.29) is 11.6 Å². The average Bonchev–Trinajstić information content (AvgIpc) is 3.17. The molecule has 0 fully saturated rings. The van der Waals surface area contributed by atoms with E-state index in [0.717, 1.165) is 13.1 Å². The van der Waals surface area contributed by atoms with Crippen LogP contribution in [0.4, 0.5) is 0 Å². The molecule has 7 heteroatoms. The summed E-state index contributed by atoms with van der Waals surface area (Å²) in [6.45, 7) is 4.59. The number of hydrogen-bond donors (Lipinski definition) is 1. The highest BCUT2D eigenvalue weighted by Gasteiger charge is 2.24. The Bertz CT molecular complexity index is 973. The molecular weight excluding hydrogens is 292 g/mol. The largest absolute Gasteiger partial charge is 0.349 e. The summed E-state index contributed by atoms with van der Waals surface area (Å²) in [5.74, 6) is 0. The molecule has 0 radical (unpaired) electrons. The molecule has 0 saturated heterocycles. The van der Waals surface area contributed by atoms with Crippen molar-refractivity contribution in [2.75, 3.05) is 6.54 Å². The summed E-state index contributed by atoms with van der Waals surface area (Å²) in [4.78, 5) is 19.0. The molecule has 0 saturated carbocycles. The summed E-state index contributed by atoms with van der Waals surface area (Å²) >= 11 is 0. The van der Waals surface area contributed by atoms with E-state index in [4.69, 9.17) is 5.26 Å². The molecule has 1 unspecified atom stereocenters. The number of rotatable bonds is 2. The van der Waals surface area contributed by atoms with Crippen molar-refractivity contribution in [1.29, 1.82) is 5.26 Å². The highest BCUT2D eigenvalue weighted by Crippen LogP contribution is 2.26. The van der Waals surface area contributed by atoms with E-state index in [2.05, 4.69) is 50.9 Å². The second kappa shape index (κ2) is 5.11. The first-order chi connectivity index (χ1) is 11.2. The first-order valence-corrected chi connectivity index (χ1v) is 7.56. The van der Waals surface area contributed by atoms with Crippen LogP contribution >= 0.6 is 0 Å². The van der Waals surface area contributed by atoms with Crippen molar-refractivity contribution in [3.05, 3.63) is 57.9 Å². The number of H-pyrrole nitrogens is 1. The highest BCUT2D eigenvalue weighted by molar-refractivity contribution is 5.53. The van der Waals surface area contributed by atoms with Crippen LogP contribution in [0, 0.1) is 11.3 Å². The Hall–Kier alpha value is -2.85. The molecule has 4 rings (SSSR count). The molecule has 7 nitrogen and oxygen atoms in total. The standard InChI is InChI=1S/C16H16N6O/c1-11-14-3-2-4-20(14)5-6-21(11)10-13-7-15(23)22-16(19-13)12(8-17)9-18-22/h2-4,7,9,11,18H,5-6,10H2,1H3. The van der Waals surface area contributed by atoms with E-state index in [9.17, 15) is 4.79 Å². The Morgan fingerprint density at radius 2 is 2.35 bits per heavy atom. The highest BCUT2D eigenvalue weighted by atomic mass is 16.1. The van der Waals surface area contributed by atoms with E-state index >= 15 is 0 Å². The summed E-state index contributed by atoms with van der Waals surface area (Å²) < 4.78 is 3.56. The number of hydrogen-bond acceptors (Lipinski definition) is 4. The van der Waals surface area contributed by atoms with Crippen LogP contribution in [0.5, 0.6) is 0 Å². The Labute approximate surface area is 132 Å². The molecule has 4 heterocycles. The van der Waals surface area contributed by atoms with Crippen LogP contribution in [0.3, 0.4) is 0 Å². The molecule has 3 aromatic rings. The number of fused-ring (bicyclic) bond motifs is 2. The number of nitrogens with zero attached hydrogens (tertiary/aromatic N) is 5. The average molecular weight is 308 g/mol. The van der Waals surface area contributed by atoms with Crippen molar-refractivity contribution < 1.29 is 0 Å². The van der Waals surface area contributed by atoms with Gasteiger partial charge in [0.2, 0.25) is 0 Å². The molecule has 1 N–H and O–H groups in total. The van der Waals surface area contributed by atoms with Gasteiger partial charge in [-0.05, 0) is 19.1 Å². The number of nitrogens with one attached hydrogen (secondary N) is 1. The smallest absolute Gasteiger partial charge is 0.272 e. The van der Waals surface area contributed by atoms with E-state index < -0.39 is 0 Å². The van der Waals surface area contributed by atoms with Crippen molar-refractivity contribution >= 4 is 5.65 Å². The van der Waals surface area contributed by atoms with E-state index in [0.29, 0.717) is 23.4 Å². The minimum atomic E-state index is -0.195. The summed E-state index contributed by atoms with van der Waals surface area (Å²) in [5, 5.41) is 11.9. The van der Waals surface area contributed by atoms with Crippen molar-refractivity contribution in [3.8, 4) is 6.07 Å². The predicted octanol–water partition coefficient (Wildman–Crippen LogP) is 1.27. The SMILES string of the molecule is CC1c2cccn2CCN1Cc1cc(=O)n2[nH]cc(C#N)c2n1. The monoisotopic (exact) mass is 308 g/mol. The molecule has 116 valence electrons. The van der Waals surface area contributed by atoms with Gasteiger partial charge >= 0.3 is 0 Å². The van der Waals surface area contributed by atoms with Crippen LogP contribution in [0.15, 0.2) is 35.4 Å². The van der Waals surface area contributed by atoms with Gasteiger partial charge in [-0.15, -0.1) is 0 Å². The van der Waals surface area contributed by atoms with Crippen LogP contribution in [0.1, 0.15) is 29.9 Å². The van der Waals surface area contributed by atoms with Crippen molar-refractivity contribution in [1.82, 2.24) is 24.1 Å². The zero-order chi connectivity index (χ0) is 16.0. The molecular formula is C16H16N6O. The molecule has 0 spiro atoms. The molecule has 1 aliphatic heterocycles. The van der Waals surface area contributed by atoms with Crippen molar-refractivity contribution in [2.24, 2.45) is 0 Å². The predicted molar refractivity (Wildman–Crippen MR) is 83.8 cm³/mol. The quantitative estimate of drug-likeness (QED) is 0.773. The third-order valence-corrected chi connectivity index (χ3v) is 4.50. The number of nitriles is 1. The zero-order valence-corrected chi connectivity index (χ0v) is 12.7. The second-order valence-corrected chi connectivity index (χ2v) is 5.82.